The molecule has 2 aliphatic rings. The number of hydrogen-bond donors (Lipinski definition) is 1. The number of nitrogens with one attached hydrogen (secondary N) is 1. The summed E-state index contributed by atoms with van der Waals surface area (Å²) < 4.78 is 6.61. The molecule has 3 aromatic rings. The van der Waals surface area contributed by atoms with Gasteiger partial charge in [0.05, 0.1) is 24.9 Å². The highest BCUT2D eigenvalue weighted by Crippen LogP contribution is 2.30. The molecule has 186 valence electrons. The van der Waals surface area contributed by atoms with Crippen LogP contribution in [0.2, 0.25) is 0 Å². The monoisotopic (exact) mass is 486 g/mol. The number of aryl methyl sites for hydroxylation is 2. The minimum Gasteiger partial charge on any atom is -0.450 e. The van der Waals surface area contributed by atoms with Crippen LogP contribution in [0.5, 0.6) is 0 Å². The molecule has 2 heterocycles. The molecule has 0 radical (unpaired) electrons. The SMILES string of the molecule is CCOC(=O)N1CCc2c(nc(-c3ccc(C)cc3)n(CC(=O)NC3CCc4ccccc43)c2=O)C1. The zero-order valence-corrected chi connectivity index (χ0v) is 20.6. The molecular formula is C28H30N4O4. The van der Waals surface area contributed by atoms with Crippen LogP contribution in [0.15, 0.2) is 53.3 Å². The highest BCUT2D eigenvalue weighted by atomic mass is 16.6. The minimum atomic E-state index is -0.415. The van der Waals surface area contributed by atoms with Crippen molar-refractivity contribution in [1.29, 1.82) is 0 Å². The van der Waals surface area contributed by atoms with E-state index in [4.69, 9.17) is 9.72 Å². The van der Waals surface area contributed by atoms with Gasteiger partial charge in [0.15, 0.2) is 0 Å². The maximum atomic E-state index is 13.7. The molecule has 0 spiro atoms. The first-order valence-corrected chi connectivity index (χ1v) is 12.4. The average molecular weight is 487 g/mol. The molecule has 1 aliphatic heterocycles. The van der Waals surface area contributed by atoms with Crippen molar-refractivity contribution in [3.05, 3.63) is 86.8 Å². The Balaban J connectivity index is 1.47. The van der Waals surface area contributed by atoms with Gasteiger partial charge in [-0.3, -0.25) is 14.2 Å². The van der Waals surface area contributed by atoms with Gasteiger partial charge in [0.25, 0.3) is 5.56 Å². The number of amides is 2. The van der Waals surface area contributed by atoms with Gasteiger partial charge in [-0.25, -0.2) is 9.78 Å². The van der Waals surface area contributed by atoms with Crippen LogP contribution >= 0.6 is 0 Å². The highest BCUT2D eigenvalue weighted by molar-refractivity contribution is 5.77. The van der Waals surface area contributed by atoms with Crippen LogP contribution < -0.4 is 10.9 Å². The predicted molar refractivity (Wildman–Crippen MR) is 135 cm³/mol. The predicted octanol–water partition coefficient (Wildman–Crippen LogP) is 3.54. The number of benzene rings is 2. The number of aromatic nitrogens is 2. The molecule has 2 amide bonds. The molecule has 1 unspecified atom stereocenters. The Morgan fingerprint density at radius 2 is 1.89 bits per heavy atom. The Morgan fingerprint density at radius 3 is 2.67 bits per heavy atom. The van der Waals surface area contributed by atoms with Crippen molar-refractivity contribution in [3.63, 3.8) is 0 Å². The highest BCUT2D eigenvalue weighted by Gasteiger charge is 2.29. The van der Waals surface area contributed by atoms with Gasteiger partial charge in [-0.1, -0.05) is 54.1 Å². The third-order valence-electron chi connectivity index (χ3n) is 6.93. The van der Waals surface area contributed by atoms with E-state index in [2.05, 4.69) is 11.4 Å². The number of hydrogen-bond acceptors (Lipinski definition) is 5. The van der Waals surface area contributed by atoms with E-state index in [0.29, 0.717) is 30.0 Å². The van der Waals surface area contributed by atoms with Crippen molar-refractivity contribution in [3.8, 4) is 11.4 Å². The summed E-state index contributed by atoms with van der Waals surface area (Å²) >= 11 is 0. The standard InChI is InChI=1S/C28H30N4O4/c1-3-36-28(35)31-15-14-22-24(16-31)30-26(20-10-8-18(2)9-11-20)32(27(22)34)17-25(33)29-23-13-12-19-6-4-5-7-21(19)23/h4-11,23H,3,12-17H2,1-2H3,(H,29,33). The van der Waals surface area contributed by atoms with Crippen LogP contribution in [0, 0.1) is 6.92 Å². The molecule has 2 aromatic carbocycles. The molecule has 1 atom stereocenters. The molecule has 0 saturated carbocycles. The van der Waals surface area contributed by atoms with E-state index in [1.165, 1.54) is 10.1 Å². The van der Waals surface area contributed by atoms with E-state index in [0.717, 1.165) is 29.5 Å². The number of nitrogens with zero attached hydrogens (tertiary/aromatic N) is 3. The van der Waals surface area contributed by atoms with E-state index in [1.54, 1.807) is 11.8 Å². The lowest BCUT2D eigenvalue weighted by Crippen LogP contribution is -2.42. The van der Waals surface area contributed by atoms with Gasteiger partial charge >= 0.3 is 6.09 Å². The number of carbonyl (C=O) groups is 2. The Morgan fingerprint density at radius 1 is 1.11 bits per heavy atom. The van der Waals surface area contributed by atoms with Gasteiger partial charge in [-0.05, 0) is 44.2 Å². The quantitative estimate of drug-likeness (QED) is 0.596. The fourth-order valence-electron chi connectivity index (χ4n) is 5.06. The van der Waals surface area contributed by atoms with Crippen LogP contribution in [0.25, 0.3) is 11.4 Å². The zero-order chi connectivity index (χ0) is 25.2. The van der Waals surface area contributed by atoms with Crippen molar-refractivity contribution in [2.45, 2.75) is 52.2 Å². The molecule has 36 heavy (non-hydrogen) atoms. The second-order valence-corrected chi connectivity index (χ2v) is 9.35. The summed E-state index contributed by atoms with van der Waals surface area (Å²) in [5.41, 5.74) is 5.08. The van der Waals surface area contributed by atoms with E-state index >= 15 is 0 Å². The summed E-state index contributed by atoms with van der Waals surface area (Å²) in [6.07, 6.45) is 1.72. The lowest BCUT2D eigenvalue weighted by Gasteiger charge is -2.28. The molecule has 1 aliphatic carbocycles. The lowest BCUT2D eigenvalue weighted by molar-refractivity contribution is -0.122. The number of carbonyl (C=O) groups excluding carboxylic acids is 2. The number of fused-ring (bicyclic) bond motifs is 2. The Bertz CT molecular complexity index is 1360. The van der Waals surface area contributed by atoms with Crippen molar-refractivity contribution in [2.75, 3.05) is 13.2 Å². The van der Waals surface area contributed by atoms with Gasteiger partial charge in [-0.15, -0.1) is 0 Å². The molecule has 0 fully saturated rings. The smallest absolute Gasteiger partial charge is 0.410 e. The van der Waals surface area contributed by atoms with Crippen molar-refractivity contribution in [2.24, 2.45) is 0 Å². The van der Waals surface area contributed by atoms with Crippen LogP contribution in [-0.2, 0) is 35.5 Å². The minimum absolute atomic E-state index is 0.0593. The molecule has 0 saturated heterocycles. The van der Waals surface area contributed by atoms with Crippen molar-refractivity contribution >= 4 is 12.0 Å². The molecule has 8 heteroatoms. The topological polar surface area (TPSA) is 93.5 Å². The van der Waals surface area contributed by atoms with Gasteiger partial charge in [0.2, 0.25) is 5.91 Å². The van der Waals surface area contributed by atoms with Crippen LogP contribution in [-0.4, -0.2) is 39.6 Å². The second kappa shape index (κ2) is 9.97. The zero-order valence-electron chi connectivity index (χ0n) is 20.6. The third-order valence-corrected chi connectivity index (χ3v) is 6.93. The fraction of sp³-hybridized carbons (Fsp3) is 0.357. The van der Waals surface area contributed by atoms with Crippen molar-refractivity contribution < 1.29 is 14.3 Å². The molecular weight excluding hydrogens is 456 g/mol. The first-order chi connectivity index (χ1) is 17.4. The summed E-state index contributed by atoms with van der Waals surface area (Å²) in [5, 5.41) is 3.12. The normalized spacial score (nSPS) is 16.3. The van der Waals surface area contributed by atoms with Crippen LogP contribution in [0.3, 0.4) is 0 Å². The van der Waals surface area contributed by atoms with Gasteiger partial charge < -0.3 is 15.0 Å². The summed E-state index contributed by atoms with van der Waals surface area (Å²) in [6, 6.07) is 15.8. The lowest BCUT2D eigenvalue weighted by atomic mass is 10.1. The summed E-state index contributed by atoms with van der Waals surface area (Å²) in [4.78, 5) is 45.5. The maximum Gasteiger partial charge on any atom is 0.410 e. The summed E-state index contributed by atoms with van der Waals surface area (Å²) in [6.45, 7) is 4.49. The summed E-state index contributed by atoms with van der Waals surface area (Å²) in [5.74, 6) is 0.198. The van der Waals surface area contributed by atoms with E-state index in [9.17, 15) is 14.4 Å². The largest absolute Gasteiger partial charge is 0.450 e. The second-order valence-electron chi connectivity index (χ2n) is 9.35. The van der Waals surface area contributed by atoms with Gasteiger partial charge in [-0.2, -0.15) is 0 Å². The van der Waals surface area contributed by atoms with E-state index in [-0.39, 0.29) is 37.2 Å². The molecule has 8 nitrogen and oxygen atoms in total. The fourth-order valence-corrected chi connectivity index (χ4v) is 5.06. The van der Waals surface area contributed by atoms with Crippen LogP contribution in [0.4, 0.5) is 4.79 Å². The Labute approximate surface area is 209 Å². The van der Waals surface area contributed by atoms with Crippen LogP contribution in [0.1, 0.15) is 47.3 Å². The Kier molecular flexibility index (Phi) is 6.59. The first-order valence-electron chi connectivity index (χ1n) is 12.4. The van der Waals surface area contributed by atoms with E-state index < -0.39 is 6.09 Å². The molecule has 1 N–H and O–H groups in total. The number of ether oxygens (including phenoxy) is 1. The molecule has 1 aromatic heterocycles. The first kappa shape index (κ1) is 23.8. The Hall–Kier alpha value is -3.94. The third kappa shape index (κ3) is 4.63. The summed E-state index contributed by atoms with van der Waals surface area (Å²) in [7, 11) is 0. The molecule has 0 bridgehead atoms. The average Bonchev–Trinajstić information content (AvgIpc) is 3.28. The maximum absolute atomic E-state index is 13.7. The van der Waals surface area contributed by atoms with E-state index in [1.807, 2.05) is 49.4 Å². The van der Waals surface area contributed by atoms with Gasteiger partial charge in [0.1, 0.15) is 12.4 Å². The molecule has 5 rings (SSSR count). The number of rotatable bonds is 5. The van der Waals surface area contributed by atoms with Crippen molar-refractivity contribution in [1.82, 2.24) is 19.8 Å². The van der Waals surface area contributed by atoms with Gasteiger partial charge in [0, 0.05) is 17.7 Å².